The quantitative estimate of drug-likeness (QED) is 0.136. The number of rotatable bonds is 9. The van der Waals surface area contributed by atoms with Gasteiger partial charge in [-0.1, -0.05) is 6.07 Å². The van der Waals surface area contributed by atoms with E-state index < -0.39 is 28.9 Å². The van der Waals surface area contributed by atoms with Gasteiger partial charge in [0.1, 0.15) is 11.6 Å². The Labute approximate surface area is 241 Å². The van der Waals surface area contributed by atoms with E-state index in [1.807, 2.05) is 0 Å². The van der Waals surface area contributed by atoms with Gasteiger partial charge in [-0.05, 0) is 72.8 Å². The first kappa shape index (κ1) is 30.4. The average Bonchev–Trinajstić information content (AvgIpc) is 2.93. The highest BCUT2D eigenvalue weighted by Crippen LogP contribution is 2.50. The Hall–Kier alpha value is -4.57. The van der Waals surface area contributed by atoms with E-state index in [0.29, 0.717) is 28.0 Å². The molecule has 3 aromatic carbocycles. The van der Waals surface area contributed by atoms with Crippen LogP contribution in [0.2, 0.25) is 0 Å². The third-order valence-corrected chi connectivity index (χ3v) is 7.66. The van der Waals surface area contributed by atoms with Crippen LogP contribution in [-0.2, 0) is 0 Å². The molecular formula is C27H28F3N7O4S. The number of aromatic nitrogens is 2. The summed E-state index contributed by atoms with van der Waals surface area (Å²) in [5, 5.41) is 8.27. The fourth-order valence-corrected chi connectivity index (χ4v) is 4.58. The molecule has 0 fully saturated rings. The van der Waals surface area contributed by atoms with Crippen molar-refractivity contribution in [3.05, 3.63) is 85.1 Å². The number of amides is 2. The van der Waals surface area contributed by atoms with Crippen LogP contribution in [0, 0.1) is 0 Å². The molecule has 222 valence electrons. The molecule has 0 bridgehead atoms. The van der Waals surface area contributed by atoms with E-state index in [1.54, 1.807) is 86.8 Å². The summed E-state index contributed by atoms with van der Waals surface area (Å²) >= 11 is 0. The van der Waals surface area contributed by atoms with Gasteiger partial charge in [-0.2, -0.15) is 4.98 Å². The van der Waals surface area contributed by atoms with Gasteiger partial charge in [0.2, 0.25) is 5.95 Å². The smallest absolute Gasteiger partial charge is 0.406 e. The van der Waals surface area contributed by atoms with Crippen LogP contribution in [0.1, 0.15) is 0 Å². The zero-order chi connectivity index (χ0) is 30.5. The largest absolute Gasteiger partial charge is 0.573 e. The van der Waals surface area contributed by atoms with E-state index in [9.17, 15) is 27.1 Å². The van der Waals surface area contributed by atoms with Crippen molar-refractivity contribution in [1.29, 1.82) is 0 Å². The maximum atomic E-state index is 12.3. The number of hydrogen-bond donors (Lipinski definition) is 5. The van der Waals surface area contributed by atoms with Crippen LogP contribution in [0.5, 0.6) is 5.75 Å². The van der Waals surface area contributed by atoms with Crippen molar-refractivity contribution in [3.8, 4) is 5.75 Å². The van der Waals surface area contributed by atoms with E-state index in [0.717, 1.165) is 17.8 Å². The van der Waals surface area contributed by atoms with Gasteiger partial charge >= 0.3 is 12.4 Å². The molecule has 1 heterocycles. The van der Waals surface area contributed by atoms with Crippen LogP contribution in [0.25, 0.3) is 0 Å². The zero-order valence-electron chi connectivity index (χ0n) is 22.6. The van der Waals surface area contributed by atoms with Crippen molar-refractivity contribution < 1.29 is 31.8 Å². The van der Waals surface area contributed by atoms with Crippen molar-refractivity contribution >= 4 is 51.3 Å². The molecule has 0 radical (unpaired) electrons. The number of carbonyl (C=O) groups is 1. The van der Waals surface area contributed by atoms with Crippen LogP contribution in [-0.4, -0.2) is 56.9 Å². The molecule has 0 spiro atoms. The maximum absolute atomic E-state index is 12.3. The molecule has 11 nitrogen and oxygen atoms in total. The highest BCUT2D eigenvalue weighted by molar-refractivity contribution is 8.22. The SMILES string of the molecule is CN(c1ccc(NC(=O)Nc2ccc(OC(F)(F)F)cc2)cc1)c1ccnc(Nc2cccc(S(O)(O)N(C)C)c2)n1. The maximum Gasteiger partial charge on any atom is 0.573 e. The molecule has 0 aliphatic rings. The monoisotopic (exact) mass is 603 g/mol. The van der Waals surface area contributed by atoms with E-state index in [-0.39, 0.29) is 5.69 Å². The summed E-state index contributed by atoms with van der Waals surface area (Å²) in [6, 6.07) is 19.5. The van der Waals surface area contributed by atoms with E-state index in [1.165, 1.54) is 16.4 Å². The van der Waals surface area contributed by atoms with Gasteiger partial charge < -0.3 is 25.6 Å². The first-order valence-electron chi connectivity index (χ1n) is 12.2. The Morgan fingerprint density at radius 3 is 2.10 bits per heavy atom. The molecule has 0 unspecified atom stereocenters. The van der Waals surface area contributed by atoms with Gasteiger partial charge in [-0.3, -0.25) is 9.11 Å². The fourth-order valence-electron chi connectivity index (χ4n) is 3.61. The lowest BCUT2D eigenvalue weighted by molar-refractivity contribution is -0.274. The van der Waals surface area contributed by atoms with Crippen LogP contribution < -0.4 is 25.6 Å². The van der Waals surface area contributed by atoms with E-state index in [4.69, 9.17) is 0 Å². The third-order valence-electron chi connectivity index (χ3n) is 5.76. The summed E-state index contributed by atoms with van der Waals surface area (Å²) in [6.07, 6.45) is -3.21. The molecule has 0 saturated heterocycles. The molecular weight excluding hydrogens is 575 g/mol. The number of nitrogens with one attached hydrogen (secondary N) is 3. The molecule has 0 aliphatic heterocycles. The Bertz CT molecular complexity index is 1520. The molecule has 2 amide bonds. The summed E-state index contributed by atoms with van der Waals surface area (Å²) in [4.78, 5) is 23.3. The first-order chi connectivity index (χ1) is 19.8. The topological polar surface area (TPSA) is 135 Å². The normalized spacial score (nSPS) is 12.0. The van der Waals surface area contributed by atoms with Gasteiger partial charge in [0, 0.05) is 50.1 Å². The molecule has 1 aromatic heterocycles. The second kappa shape index (κ2) is 12.5. The highest BCUT2D eigenvalue weighted by Gasteiger charge is 2.31. The fraction of sp³-hybridized carbons (Fsp3) is 0.148. The molecule has 0 atom stereocenters. The van der Waals surface area contributed by atoms with Crippen molar-refractivity contribution in [3.63, 3.8) is 0 Å². The Balaban J connectivity index is 1.37. The Morgan fingerprint density at radius 2 is 1.50 bits per heavy atom. The summed E-state index contributed by atoms with van der Waals surface area (Å²) in [6.45, 7) is 0. The van der Waals surface area contributed by atoms with Crippen molar-refractivity contribution in [1.82, 2.24) is 14.3 Å². The number of ether oxygens (including phenoxy) is 1. The molecule has 4 rings (SSSR count). The lowest BCUT2D eigenvalue weighted by atomic mass is 10.2. The number of nitrogens with zero attached hydrogens (tertiary/aromatic N) is 4. The van der Waals surface area contributed by atoms with Crippen molar-refractivity contribution in [2.24, 2.45) is 0 Å². The summed E-state index contributed by atoms with van der Waals surface area (Å²) in [5.41, 5.74) is 2.10. The molecule has 15 heteroatoms. The lowest BCUT2D eigenvalue weighted by Gasteiger charge is -2.38. The number of benzene rings is 3. The predicted octanol–water partition coefficient (Wildman–Crippen LogP) is 7.12. The molecule has 5 N–H and O–H groups in total. The molecule has 42 heavy (non-hydrogen) atoms. The minimum Gasteiger partial charge on any atom is -0.406 e. The number of urea groups is 1. The van der Waals surface area contributed by atoms with Crippen LogP contribution >= 0.6 is 10.8 Å². The van der Waals surface area contributed by atoms with Gasteiger partial charge in [0.25, 0.3) is 0 Å². The summed E-state index contributed by atoms with van der Waals surface area (Å²) in [5.74, 6) is 0.470. The first-order valence-corrected chi connectivity index (χ1v) is 13.7. The highest BCUT2D eigenvalue weighted by atomic mass is 32.3. The zero-order valence-corrected chi connectivity index (χ0v) is 23.4. The Morgan fingerprint density at radius 1 is 0.881 bits per heavy atom. The van der Waals surface area contributed by atoms with Crippen molar-refractivity contribution in [2.45, 2.75) is 11.3 Å². The minimum atomic E-state index is -4.80. The minimum absolute atomic E-state index is 0.282. The second-order valence-corrected chi connectivity index (χ2v) is 11.2. The molecule has 0 aliphatic carbocycles. The predicted molar refractivity (Wildman–Crippen MR) is 157 cm³/mol. The number of alkyl halides is 3. The number of hydrogen-bond acceptors (Lipinski definition) is 9. The lowest BCUT2D eigenvalue weighted by Crippen LogP contribution is -2.20. The van der Waals surface area contributed by atoms with E-state index in [2.05, 4.69) is 30.7 Å². The van der Waals surface area contributed by atoms with Crippen LogP contribution in [0.3, 0.4) is 0 Å². The second-order valence-electron chi connectivity index (χ2n) is 8.98. The van der Waals surface area contributed by atoms with Crippen LogP contribution in [0.15, 0.2) is 90.0 Å². The number of carbonyl (C=O) groups excluding carboxylic acids is 1. The van der Waals surface area contributed by atoms with Gasteiger partial charge in [-0.15, -0.1) is 23.9 Å². The summed E-state index contributed by atoms with van der Waals surface area (Å²) < 4.78 is 62.9. The van der Waals surface area contributed by atoms with Gasteiger partial charge in [-0.25, -0.2) is 14.1 Å². The number of halogens is 3. The van der Waals surface area contributed by atoms with Crippen LogP contribution in [0.4, 0.5) is 52.5 Å². The van der Waals surface area contributed by atoms with Gasteiger partial charge in [0.05, 0.1) is 4.90 Å². The molecule has 4 aromatic rings. The molecule has 0 saturated carbocycles. The number of anilines is 6. The van der Waals surface area contributed by atoms with E-state index >= 15 is 0 Å². The standard InChI is InChI=1S/C27H28F3N7O4S/c1-36(2)42(39,40)23-6-4-5-20(17-23)32-25-31-16-15-24(35-25)37(3)21-11-7-18(8-12-21)33-26(38)34-19-9-13-22(14-10-19)41-27(28,29)30/h4-17,39-40H,1-3H3,(H,31,32,35)(H2,33,34,38). The van der Waals surface area contributed by atoms with Crippen molar-refractivity contribution in [2.75, 3.05) is 42.0 Å². The Kier molecular flexibility index (Phi) is 9.06. The summed E-state index contributed by atoms with van der Waals surface area (Å²) in [7, 11) is 1.86. The van der Waals surface area contributed by atoms with Gasteiger partial charge in [0.15, 0.2) is 0 Å². The third kappa shape index (κ3) is 8.01. The average molecular weight is 604 g/mol.